The molecule has 0 aliphatic carbocycles. The Morgan fingerprint density at radius 1 is 1.15 bits per heavy atom. The number of benzene rings is 1. The minimum absolute atomic E-state index is 0.168. The molecular formula is C18H19N5O3. The van der Waals surface area contributed by atoms with E-state index in [9.17, 15) is 14.4 Å². The Hall–Kier alpha value is -3.16. The maximum atomic E-state index is 12.9. The molecule has 0 bridgehead atoms. The van der Waals surface area contributed by atoms with Gasteiger partial charge in [0.1, 0.15) is 6.04 Å². The topological polar surface area (TPSA) is 78.8 Å². The number of anilines is 1. The Balaban J connectivity index is 1.59. The highest BCUT2D eigenvalue weighted by Gasteiger charge is 2.47. The molecular weight excluding hydrogens is 334 g/mol. The zero-order chi connectivity index (χ0) is 18.3. The summed E-state index contributed by atoms with van der Waals surface area (Å²) in [4.78, 5) is 42.9. The van der Waals surface area contributed by atoms with Crippen LogP contribution in [0.4, 0.5) is 10.5 Å². The van der Waals surface area contributed by atoms with E-state index in [1.165, 1.54) is 11.1 Å². The van der Waals surface area contributed by atoms with Crippen molar-refractivity contribution in [3.8, 4) is 0 Å². The maximum Gasteiger partial charge on any atom is 0.332 e. The van der Waals surface area contributed by atoms with E-state index in [1.807, 2.05) is 6.07 Å². The number of rotatable bonds is 2. The predicted octanol–water partition coefficient (Wildman–Crippen LogP) is 1.10. The average Bonchev–Trinajstić information content (AvgIpc) is 3.07. The maximum absolute atomic E-state index is 12.9. The van der Waals surface area contributed by atoms with Crippen LogP contribution in [0.1, 0.15) is 16.8 Å². The van der Waals surface area contributed by atoms with Gasteiger partial charge in [-0.1, -0.05) is 18.2 Å². The van der Waals surface area contributed by atoms with Gasteiger partial charge in [0, 0.05) is 26.3 Å². The number of nitrogens with zero attached hydrogens (tertiary/aromatic N) is 5. The van der Waals surface area contributed by atoms with Crippen molar-refractivity contribution < 1.29 is 14.4 Å². The largest absolute Gasteiger partial charge is 0.336 e. The minimum atomic E-state index is -0.647. The van der Waals surface area contributed by atoms with E-state index in [0.29, 0.717) is 30.8 Å². The summed E-state index contributed by atoms with van der Waals surface area (Å²) in [5.74, 6) is -0.453. The van der Waals surface area contributed by atoms with Crippen LogP contribution in [0.25, 0.3) is 0 Å². The fourth-order valence-electron chi connectivity index (χ4n) is 3.51. The van der Waals surface area contributed by atoms with Crippen LogP contribution in [0.2, 0.25) is 0 Å². The van der Waals surface area contributed by atoms with Gasteiger partial charge >= 0.3 is 6.03 Å². The first-order chi connectivity index (χ1) is 12.6. The molecule has 8 heteroatoms. The second-order valence-corrected chi connectivity index (χ2v) is 6.51. The molecule has 0 spiro atoms. The second-order valence-electron chi connectivity index (χ2n) is 6.51. The zero-order valence-corrected chi connectivity index (χ0v) is 14.4. The van der Waals surface area contributed by atoms with Crippen LogP contribution in [0, 0.1) is 0 Å². The molecule has 3 heterocycles. The standard InChI is InChI=1S/C18H19N5O3/c1-20-11-13(10-19-20)16(24)21-8-5-9-22-15(12-21)17(25)23(18(22)26)14-6-3-2-4-7-14/h2-4,6-7,10-11,15H,5,8-9,12H2,1H3. The Morgan fingerprint density at radius 2 is 1.92 bits per heavy atom. The normalized spacial score (nSPS) is 20.3. The van der Waals surface area contributed by atoms with E-state index >= 15 is 0 Å². The molecule has 2 saturated heterocycles. The molecule has 0 saturated carbocycles. The van der Waals surface area contributed by atoms with Crippen LogP contribution in [0.5, 0.6) is 0 Å². The number of hydrogen-bond acceptors (Lipinski definition) is 4. The summed E-state index contributed by atoms with van der Waals surface area (Å²) >= 11 is 0. The lowest BCUT2D eigenvalue weighted by Crippen LogP contribution is -2.43. The Kier molecular flexibility index (Phi) is 3.95. The fraction of sp³-hybridized carbons (Fsp3) is 0.333. The molecule has 1 aromatic carbocycles. The number of carbonyl (C=O) groups excluding carboxylic acids is 3. The minimum Gasteiger partial charge on any atom is -0.336 e. The van der Waals surface area contributed by atoms with Crippen molar-refractivity contribution in [2.45, 2.75) is 12.5 Å². The quantitative estimate of drug-likeness (QED) is 0.758. The number of para-hydroxylation sites is 1. The fourth-order valence-corrected chi connectivity index (χ4v) is 3.51. The molecule has 2 aliphatic rings. The van der Waals surface area contributed by atoms with E-state index in [-0.39, 0.29) is 24.4 Å². The van der Waals surface area contributed by atoms with Gasteiger partial charge in [-0.15, -0.1) is 0 Å². The van der Waals surface area contributed by atoms with Crippen LogP contribution >= 0.6 is 0 Å². The molecule has 1 aromatic heterocycles. The Bertz CT molecular complexity index is 863. The summed E-state index contributed by atoms with van der Waals surface area (Å²) in [5, 5.41) is 4.03. The van der Waals surface area contributed by atoms with Crippen molar-refractivity contribution in [1.29, 1.82) is 0 Å². The van der Waals surface area contributed by atoms with Gasteiger partial charge in [0.05, 0.1) is 24.0 Å². The van der Waals surface area contributed by atoms with Crippen molar-refractivity contribution >= 4 is 23.5 Å². The lowest BCUT2D eigenvalue weighted by molar-refractivity contribution is -0.119. The van der Waals surface area contributed by atoms with Crippen molar-refractivity contribution in [2.24, 2.45) is 7.05 Å². The van der Waals surface area contributed by atoms with Crippen molar-refractivity contribution in [3.05, 3.63) is 48.3 Å². The molecule has 0 N–H and O–H groups in total. The van der Waals surface area contributed by atoms with Crippen LogP contribution in [0.3, 0.4) is 0 Å². The monoisotopic (exact) mass is 353 g/mol. The van der Waals surface area contributed by atoms with E-state index < -0.39 is 6.04 Å². The molecule has 8 nitrogen and oxygen atoms in total. The molecule has 1 atom stereocenters. The SMILES string of the molecule is Cn1cc(C(=O)N2CCCN3C(=O)N(c4ccccc4)C(=O)C3C2)cn1. The summed E-state index contributed by atoms with van der Waals surface area (Å²) in [5.41, 5.74) is 1.04. The number of amides is 4. The van der Waals surface area contributed by atoms with E-state index in [1.54, 1.807) is 52.0 Å². The number of aryl methyl sites for hydroxylation is 1. The smallest absolute Gasteiger partial charge is 0.332 e. The molecule has 2 aliphatic heterocycles. The third-order valence-electron chi connectivity index (χ3n) is 4.79. The van der Waals surface area contributed by atoms with Gasteiger partial charge in [0.2, 0.25) is 0 Å². The molecule has 26 heavy (non-hydrogen) atoms. The first-order valence-corrected chi connectivity index (χ1v) is 8.54. The van der Waals surface area contributed by atoms with Gasteiger partial charge in [0.25, 0.3) is 11.8 Å². The lowest BCUT2D eigenvalue weighted by Gasteiger charge is -2.23. The van der Waals surface area contributed by atoms with Gasteiger partial charge in [0.15, 0.2) is 0 Å². The summed E-state index contributed by atoms with van der Waals surface area (Å²) in [6, 6.07) is 7.92. The van der Waals surface area contributed by atoms with Crippen molar-refractivity contribution in [3.63, 3.8) is 0 Å². The van der Waals surface area contributed by atoms with Crippen LogP contribution in [-0.2, 0) is 11.8 Å². The number of fused-ring (bicyclic) bond motifs is 1. The molecule has 1 unspecified atom stereocenters. The van der Waals surface area contributed by atoms with Crippen molar-refractivity contribution in [1.82, 2.24) is 19.6 Å². The van der Waals surface area contributed by atoms with Gasteiger partial charge in [-0.05, 0) is 18.6 Å². The molecule has 4 amide bonds. The summed E-state index contributed by atoms with van der Waals surface area (Å²) in [7, 11) is 1.75. The van der Waals surface area contributed by atoms with Gasteiger partial charge in [-0.3, -0.25) is 14.3 Å². The zero-order valence-electron chi connectivity index (χ0n) is 14.4. The third kappa shape index (κ3) is 2.63. The molecule has 2 fully saturated rings. The number of imide groups is 1. The number of aromatic nitrogens is 2. The Morgan fingerprint density at radius 3 is 2.62 bits per heavy atom. The lowest BCUT2D eigenvalue weighted by atomic mass is 10.2. The molecule has 0 radical (unpaired) electrons. The van der Waals surface area contributed by atoms with Gasteiger partial charge in [-0.2, -0.15) is 5.10 Å². The Labute approximate surface area is 150 Å². The van der Waals surface area contributed by atoms with E-state index in [0.717, 1.165) is 0 Å². The van der Waals surface area contributed by atoms with Crippen LogP contribution in [-0.4, -0.2) is 63.1 Å². The number of carbonyl (C=O) groups is 3. The first kappa shape index (κ1) is 16.3. The number of hydrogen-bond donors (Lipinski definition) is 0. The molecule has 134 valence electrons. The molecule has 4 rings (SSSR count). The molecule has 2 aromatic rings. The highest BCUT2D eigenvalue weighted by molar-refractivity contribution is 6.21. The van der Waals surface area contributed by atoms with Gasteiger partial charge < -0.3 is 9.80 Å². The highest BCUT2D eigenvalue weighted by atomic mass is 16.2. The van der Waals surface area contributed by atoms with E-state index in [2.05, 4.69) is 5.10 Å². The summed E-state index contributed by atoms with van der Waals surface area (Å²) in [6.45, 7) is 1.16. The van der Waals surface area contributed by atoms with Crippen molar-refractivity contribution in [2.75, 3.05) is 24.5 Å². The number of urea groups is 1. The summed E-state index contributed by atoms with van der Waals surface area (Å²) < 4.78 is 1.57. The predicted molar refractivity (Wildman–Crippen MR) is 93.5 cm³/mol. The van der Waals surface area contributed by atoms with Crippen LogP contribution in [0.15, 0.2) is 42.7 Å². The highest BCUT2D eigenvalue weighted by Crippen LogP contribution is 2.27. The first-order valence-electron chi connectivity index (χ1n) is 8.54. The third-order valence-corrected chi connectivity index (χ3v) is 4.79. The average molecular weight is 353 g/mol. The summed E-state index contributed by atoms with van der Waals surface area (Å²) in [6.07, 6.45) is 3.80. The second kappa shape index (κ2) is 6.29. The van der Waals surface area contributed by atoms with Gasteiger partial charge in [-0.25, -0.2) is 9.69 Å². The van der Waals surface area contributed by atoms with Crippen LogP contribution < -0.4 is 4.90 Å². The van der Waals surface area contributed by atoms with E-state index in [4.69, 9.17) is 0 Å².